The van der Waals surface area contributed by atoms with Crippen LogP contribution in [0.1, 0.15) is 15.9 Å². The Hall–Kier alpha value is -3.02. The molecule has 0 atom stereocenters. The first-order valence-electron chi connectivity index (χ1n) is 6.58. The van der Waals surface area contributed by atoms with Crippen LogP contribution in [0.5, 0.6) is 0 Å². The third kappa shape index (κ3) is 3.01. The monoisotopic (exact) mass is 297 g/mol. The molecule has 1 N–H and O–H groups in total. The Morgan fingerprint density at radius 3 is 2.82 bits per heavy atom. The van der Waals surface area contributed by atoms with Gasteiger partial charge in [0, 0.05) is 18.9 Å². The quantitative estimate of drug-likeness (QED) is 0.804. The van der Waals surface area contributed by atoms with Crippen LogP contribution in [-0.4, -0.2) is 25.6 Å². The fraction of sp³-hybridized carbons (Fsp3) is 0.0625. The third-order valence-corrected chi connectivity index (χ3v) is 3.16. The summed E-state index contributed by atoms with van der Waals surface area (Å²) in [5.41, 5.74) is 2.03. The molecule has 3 rings (SSSR count). The van der Waals surface area contributed by atoms with Crippen molar-refractivity contribution in [2.75, 3.05) is 0 Å². The Labute approximate surface area is 125 Å². The summed E-state index contributed by atoms with van der Waals surface area (Å²) in [5, 5.41) is 8.99. The molecule has 0 spiro atoms. The molecule has 0 unspecified atom stereocenters. The van der Waals surface area contributed by atoms with Gasteiger partial charge in [0.15, 0.2) is 0 Å². The number of imidazole rings is 1. The van der Waals surface area contributed by atoms with Crippen molar-refractivity contribution < 1.29 is 14.3 Å². The summed E-state index contributed by atoms with van der Waals surface area (Å²) in [6, 6.07) is 9.23. The molecule has 2 aromatic heterocycles. The highest BCUT2D eigenvalue weighted by molar-refractivity contribution is 5.88. The molecule has 0 bridgehead atoms. The minimum absolute atomic E-state index is 0.157. The van der Waals surface area contributed by atoms with Gasteiger partial charge in [-0.3, -0.25) is 4.98 Å². The third-order valence-electron chi connectivity index (χ3n) is 3.16. The maximum Gasteiger partial charge on any atom is 0.335 e. The standard InChI is InChI=1S/C16H12FN3O2/c17-13-3-1-2-11(6-13)8-20-9-15(19-10-20)14-7-12(16(21)22)4-5-18-14/h1-7,9-10H,8H2,(H,21,22). The van der Waals surface area contributed by atoms with Crippen molar-refractivity contribution in [2.45, 2.75) is 6.54 Å². The molecule has 110 valence electrons. The number of aromatic nitrogens is 3. The molecular weight excluding hydrogens is 285 g/mol. The van der Waals surface area contributed by atoms with Gasteiger partial charge in [-0.25, -0.2) is 14.2 Å². The Morgan fingerprint density at radius 2 is 2.05 bits per heavy atom. The summed E-state index contributed by atoms with van der Waals surface area (Å²) in [4.78, 5) is 19.3. The number of aromatic carboxylic acids is 1. The molecule has 3 aromatic rings. The van der Waals surface area contributed by atoms with Gasteiger partial charge in [0.05, 0.1) is 17.6 Å². The van der Waals surface area contributed by atoms with Crippen LogP contribution in [0.4, 0.5) is 4.39 Å². The van der Waals surface area contributed by atoms with Crippen LogP contribution in [0.25, 0.3) is 11.4 Å². The number of rotatable bonds is 4. The molecule has 6 heteroatoms. The van der Waals surface area contributed by atoms with Crippen LogP contribution < -0.4 is 0 Å². The Balaban J connectivity index is 1.84. The first-order chi connectivity index (χ1) is 10.6. The molecule has 22 heavy (non-hydrogen) atoms. The normalized spacial score (nSPS) is 10.6. The van der Waals surface area contributed by atoms with Crippen LogP contribution in [0.2, 0.25) is 0 Å². The minimum atomic E-state index is -1.01. The van der Waals surface area contributed by atoms with Gasteiger partial charge in [0.1, 0.15) is 11.5 Å². The summed E-state index contributed by atoms with van der Waals surface area (Å²) in [6.07, 6.45) is 4.79. The number of carbonyl (C=O) groups is 1. The van der Waals surface area contributed by atoms with E-state index in [0.717, 1.165) is 5.56 Å². The highest BCUT2D eigenvalue weighted by Gasteiger charge is 2.08. The highest BCUT2D eigenvalue weighted by Crippen LogP contribution is 2.16. The summed E-state index contributed by atoms with van der Waals surface area (Å²) in [6.45, 7) is 0.476. The van der Waals surface area contributed by atoms with Crippen molar-refractivity contribution in [3.05, 3.63) is 72.1 Å². The molecule has 0 amide bonds. The van der Waals surface area contributed by atoms with Crippen LogP contribution in [0, 0.1) is 5.82 Å². The number of halogens is 1. The molecule has 0 aliphatic heterocycles. The van der Waals surface area contributed by atoms with Crippen molar-refractivity contribution in [3.63, 3.8) is 0 Å². The number of benzene rings is 1. The number of carboxylic acids is 1. The maximum atomic E-state index is 13.2. The Bertz CT molecular complexity index is 830. The zero-order valence-corrected chi connectivity index (χ0v) is 11.5. The van der Waals surface area contributed by atoms with Gasteiger partial charge in [0.2, 0.25) is 0 Å². The largest absolute Gasteiger partial charge is 0.478 e. The van der Waals surface area contributed by atoms with E-state index >= 15 is 0 Å². The van der Waals surface area contributed by atoms with Crippen molar-refractivity contribution >= 4 is 5.97 Å². The van der Waals surface area contributed by atoms with Gasteiger partial charge in [-0.1, -0.05) is 12.1 Å². The first kappa shape index (κ1) is 13.9. The lowest BCUT2D eigenvalue weighted by atomic mass is 10.2. The molecule has 2 heterocycles. The molecule has 0 fully saturated rings. The topological polar surface area (TPSA) is 68.0 Å². The fourth-order valence-electron chi connectivity index (χ4n) is 2.13. The van der Waals surface area contributed by atoms with E-state index in [9.17, 15) is 9.18 Å². The number of pyridine rings is 1. The van der Waals surface area contributed by atoms with E-state index in [-0.39, 0.29) is 11.4 Å². The van der Waals surface area contributed by atoms with Crippen molar-refractivity contribution in [1.82, 2.24) is 14.5 Å². The smallest absolute Gasteiger partial charge is 0.335 e. The van der Waals surface area contributed by atoms with E-state index in [1.54, 1.807) is 23.2 Å². The van der Waals surface area contributed by atoms with Crippen LogP contribution >= 0.6 is 0 Å². The van der Waals surface area contributed by atoms with Gasteiger partial charge in [0.25, 0.3) is 0 Å². The molecular formula is C16H12FN3O2. The SMILES string of the molecule is O=C(O)c1ccnc(-c2cn(Cc3cccc(F)c3)cn2)c1. The molecule has 1 aromatic carbocycles. The fourth-order valence-corrected chi connectivity index (χ4v) is 2.13. The molecule has 0 aliphatic carbocycles. The second-order valence-corrected chi connectivity index (χ2v) is 4.80. The second-order valence-electron chi connectivity index (χ2n) is 4.80. The maximum absolute atomic E-state index is 13.2. The zero-order valence-electron chi connectivity index (χ0n) is 11.5. The number of hydrogen-bond donors (Lipinski definition) is 1. The minimum Gasteiger partial charge on any atom is -0.478 e. The Kier molecular flexibility index (Phi) is 3.65. The van der Waals surface area contributed by atoms with Crippen molar-refractivity contribution in [3.8, 4) is 11.4 Å². The van der Waals surface area contributed by atoms with E-state index < -0.39 is 5.97 Å². The van der Waals surface area contributed by atoms with Crippen molar-refractivity contribution in [1.29, 1.82) is 0 Å². The average Bonchev–Trinajstić information content (AvgIpc) is 2.96. The van der Waals surface area contributed by atoms with Gasteiger partial charge < -0.3 is 9.67 Å². The first-order valence-corrected chi connectivity index (χ1v) is 6.58. The van der Waals surface area contributed by atoms with E-state index in [0.29, 0.717) is 17.9 Å². The number of carboxylic acid groups (broad SMARTS) is 1. The molecule has 0 saturated heterocycles. The second kappa shape index (κ2) is 5.77. The van der Waals surface area contributed by atoms with E-state index in [2.05, 4.69) is 9.97 Å². The molecule has 5 nitrogen and oxygen atoms in total. The lowest BCUT2D eigenvalue weighted by Crippen LogP contribution is -1.98. The van der Waals surface area contributed by atoms with E-state index in [4.69, 9.17) is 5.11 Å². The summed E-state index contributed by atoms with van der Waals surface area (Å²) < 4.78 is 15.0. The number of hydrogen-bond acceptors (Lipinski definition) is 3. The predicted molar refractivity (Wildman–Crippen MR) is 77.9 cm³/mol. The highest BCUT2D eigenvalue weighted by atomic mass is 19.1. The number of nitrogens with zero attached hydrogens (tertiary/aromatic N) is 3. The van der Waals surface area contributed by atoms with Gasteiger partial charge in [-0.05, 0) is 29.8 Å². The van der Waals surface area contributed by atoms with Gasteiger partial charge in [-0.2, -0.15) is 0 Å². The van der Waals surface area contributed by atoms with E-state index in [1.165, 1.54) is 30.5 Å². The predicted octanol–water partition coefficient (Wildman–Crippen LogP) is 2.83. The lowest BCUT2D eigenvalue weighted by molar-refractivity contribution is 0.0697. The van der Waals surface area contributed by atoms with Crippen LogP contribution in [0.3, 0.4) is 0 Å². The van der Waals surface area contributed by atoms with Gasteiger partial charge >= 0.3 is 5.97 Å². The van der Waals surface area contributed by atoms with E-state index in [1.807, 2.05) is 6.07 Å². The molecule has 0 aliphatic rings. The molecule has 0 saturated carbocycles. The van der Waals surface area contributed by atoms with Gasteiger partial charge in [-0.15, -0.1) is 0 Å². The zero-order chi connectivity index (χ0) is 15.5. The van der Waals surface area contributed by atoms with Crippen LogP contribution in [-0.2, 0) is 6.54 Å². The van der Waals surface area contributed by atoms with Crippen molar-refractivity contribution in [2.24, 2.45) is 0 Å². The lowest BCUT2D eigenvalue weighted by Gasteiger charge is -2.02. The molecule has 0 radical (unpaired) electrons. The summed E-state index contributed by atoms with van der Waals surface area (Å²) in [5.74, 6) is -1.29. The summed E-state index contributed by atoms with van der Waals surface area (Å²) >= 11 is 0. The van der Waals surface area contributed by atoms with Crippen LogP contribution in [0.15, 0.2) is 55.1 Å². The summed E-state index contributed by atoms with van der Waals surface area (Å²) in [7, 11) is 0. The average molecular weight is 297 g/mol. The Morgan fingerprint density at radius 1 is 1.18 bits per heavy atom.